The summed E-state index contributed by atoms with van der Waals surface area (Å²) in [6, 6.07) is 11.5. The molecule has 0 saturated carbocycles. The molecule has 2 aromatic rings. The van der Waals surface area contributed by atoms with Crippen LogP contribution < -0.4 is 14.9 Å². The summed E-state index contributed by atoms with van der Waals surface area (Å²) in [6.45, 7) is 0.376. The first-order valence-corrected chi connectivity index (χ1v) is 8.95. The number of benzene rings is 2. The molecule has 0 radical (unpaired) electrons. The number of anilines is 2. The molecule has 2 rings (SSSR count). The highest BCUT2D eigenvalue weighted by Gasteiger charge is 2.20. The summed E-state index contributed by atoms with van der Waals surface area (Å²) >= 11 is 0. The standard InChI is InChI=1S/C16H20N4O4S/c1-17-25(23,24)14-7-8-15(16(10-14)20(21)22)18-11-12-5-4-6-13(9-12)19(2)3/h4-10,17-18H,11H2,1-3H3. The Kier molecular flexibility index (Phi) is 5.60. The molecule has 0 saturated heterocycles. The highest BCUT2D eigenvalue weighted by Crippen LogP contribution is 2.28. The molecule has 0 aliphatic carbocycles. The van der Waals surface area contributed by atoms with Gasteiger partial charge in [0.25, 0.3) is 5.69 Å². The van der Waals surface area contributed by atoms with Crippen LogP contribution in [0.4, 0.5) is 17.1 Å². The van der Waals surface area contributed by atoms with E-state index in [1.807, 2.05) is 43.3 Å². The molecule has 9 heteroatoms. The maximum Gasteiger partial charge on any atom is 0.293 e. The van der Waals surface area contributed by atoms with E-state index < -0.39 is 14.9 Å². The number of sulfonamides is 1. The third-order valence-electron chi connectivity index (χ3n) is 3.65. The number of nitrogens with zero attached hydrogens (tertiary/aromatic N) is 2. The lowest BCUT2D eigenvalue weighted by Crippen LogP contribution is -2.18. The van der Waals surface area contributed by atoms with E-state index in [0.717, 1.165) is 17.3 Å². The Labute approximate surface area is 146 Å². The molecule has 2 aromatic carbocycles. The van der Waals surface area contributed by atoms with Gasteiger partial charge in [0, 0.05) is 32.4 Å². The molecular formula is C16H20N4O4S. The lowest BCUT2D eigenvalue weighted by molar-refractivity contribution is -0.384. The zero-order valence-corrected chi connectivity index (χ0v) is 15.0. The first-order chi connectivity index (χ1) is 11.7. The fourth-order valence-electron chi connectivity index (χ4n) is 2.24. The summed E-state index contributed by atoms with van der Waals surface area (Å²) in [5, 5.41) is 14.3. The third kappa shape index (κ3) is 4.46. The largest absolute Gasteiger partial charge is 0.378 e. The van der Waals surface area contributed by atoms with Gasteiger partial charge in [-0.05, 0) is 36.9 Å². The van der Waals surface area contributed by atoms with E-state index >= 15 is 0 Å². The van der Waals surface area contributed by atoms with Crippen molar-refractivity contribution in [3.63, 3.8) is 0 Å². The normalized spacial score (nSPS) is 11.2. The zero-order valence-electron chi connectivity index (χ0n) is 14.2. The van der Waals surface area contributed by atoms with Gasteiger partial charge in [0.15, 0.2) is 0 Å². The molecular weight excluding hydrogens is 344 g/mol. The lowest BCUT2D eigenvalue weighted by Gasteiger charge is -2.14. The van der Waals surface area contributed by atoms with Crippen molar-refractivity contribution in [3.05, 3.63) is 58.1 Å². The molecule has 0 bridgehead atoms. The van der Waals surface area contributed by atoms with E-state index in [2.05, 4.69) is 10.0 Å². The Morgan fingerprint density at radius 1 is 1.16 bits per heavy atom. The summed E-state index contributed by atoms with van der Waals surface area (Å²) in [7, 11) is 1.37. The number of hydrogen-bond donors (Lipinski definition) is 2. The van der Waals surface area contributed by atoms with Crippen LogP contribution in [0.25, 0.3) is 0 Å². The molecule has 0 atom stereocenters. The Morgan fingerprint density at radius 2 is 1.88 bits per heavy atom. The van der Waals surface area contributed by atoms with E-state index in [0.29, 0.717) is 6.54 Å². The van der Waals surface area contributed by atoms with Gasteiger partial charge < -0.3 is 10.2 Å². The van der Waals surface area contributed by atoms with Crippen LogP contribution >= 0.6 is 0 Å². The Morgan fingerprint density at radius 3 is 2.48 bits per heavy atom. The SMILES string of the molecule is CNS(=O)(=O)c1ccc(NCc2cccc(N(C)C)c2)c([N+](=O)[O-])c1. The fraction of sp³-hybridized carbons (Fsp3) is 0.250. The number of nitro benzene ring substituents is 1. The van der Waals surface area contributed by atoms with Crippen molar-refractivity contribution in [3.8, 4) is 0 Å². The molecule has 134 valence electrons. The van der Waals surface area contributed by atoms with Crippen molar-refractivity contribution in [2.45, 2.75) is 11.4 Å². The zero-order chi connectivity index (χ0) is 18.6. The number of nitro groups is 1. The second-order valence-electron chi connectivity index (χ2n) is 5.56. The molecule has 25 heavy (non-hydrogen) atoms. The average molecular weight is 364 g/mol. The van der Waals surface area contributed by atoms with Crippen molar-refractivity contribution >= 4 is 27.1 Å². The minimum absolute atomic E-state index is 0.151. The maximum absolute atomic E-state index is 11.8. The van der Waals surface area contributed by atoms with E-state index in [1.165, 1.54) is 19.2 Å². The molecule has 0 fully saturated rings. The van der Waals surface area contributed by atoms with E-state index in [1.54, 1.807) is 0 Å². The summed E-state index contributed by atoms with van der Waals surface area (Å²) < 4.78 is 25.8. The van der Waals surface area contributed by atoms with Crippen LogP contribution in [0.1, 0.15) is 5.56 Å². The Bertz CT molecular complexity index is 881. The van der Waals surface area contributed by atoms with E-state index in [-0.39, 0.29) is 16.3 Å². The highest BCUT2D eigenvalue weighted by atomic mass is 32.2. The average Bonchev–Trinajstić information content (AvgIpc) is 2.59. The molecule has 2 N–H and O–H groups in total. The topological polar surface area (TPSA) is 105 Å². The van der Waals surface area contributed by atoms with Crippen LogP contribution in [0.15, 0.2) is 47.4 Å². The molecule has 0 aromatic heterocycles. The minimum Gasteiger partial charge on any atom is -0.378 e. The van der Waals surface area contributed by atoms with Crippen molar-refractivity contribution in [2.24, 2.45) is 0 Å². The van der Waals surface area contributed by atoms with Crippen LogP contribution in [0.2, 0.25) is 0 Å². The molecule has 0 aliphatic rings. The van der Waals surface area contributed by atoms with Crippen molar-refractivity contribution in [1.29, 1.82) is 0 Å². The predicted molar refractivity (Wildman–Crippen MR) is 97.4 cm³/mol. The van der Waals surface area contributed by atoms with Gasteiger partial charge in [-0.3, -0.25) is 10.1 Å². The van der Waals surface area contributed by atoms with Crippen LogP contribution in [-0.4, -0.2) is 34.5 Å². The summed E-state index contributed by atoms with van der Waals surface area (Å²) in [5.74, 6) is 0. The van der Waals surface area contributed by atoms with Crippen molar-refractivity contribution < 1.29 is 13.3 Å². The summed E-state index contributed by atoms with van der Waals surface area (Å²) in [6.07, 6.45) is 0. The van der Waals surface area contributed by atoms with Gasteiger partial charge in [-0.2, -0.15) is 0 Å². The quantitative estimate of drug-likeness (QED) is 0.576. The summed E-state index contributed by atoms with van der Waals surface area (Å²) in [5.41, 5.74) is 1.94. The first kappa shape index (κ1) is 18.7. The minimum atomic E-state index is -3.74. The highest BCUT2D eigenvalue weighted by molar-refractivity contribution is 7.89. The number of rotatable bonds is 7. The molecule has 0 amide bonds. The van der Waals surface area contributed by atoms with Gasteiger partial charge in [-0.1, -0.05) is 12.1 Å². The Balaban J connectivity index is 2.28. The molecule has 0 heterocycles. The Hall–Kier alpha value is -2.65. The van der Waals surface area contributed by atoms with E-state index in [9.17, 15) is 18.5 Å². The first-order valence-electron chi connectivity index (χ1n) is 7.46. The predicted octanol–water partition coefficient (Wildman–Crippen LogP) is 2.18. The molecule has 0 aliphatic heterocycles. The van der Waals surface area contributed by atoms with Crippen LogP contribution in [0.5, 0.6) is 0 Å². The smallest absolute Gasteiger partial charge is 0.293 e. The van der Waals surface area contributed by atoms with Crippen LogP contribution in [0.3, 0.4) is 0 Å². The van der Waals surface area contributed by atoms with Gasteiger partial charge in [0.05, 0.1) is 9.82 Å². The van der Waals surface area contributed by atoms with Gasteiger partial charge in [-0.25, -0.2) is 13.1 Å². The van der Waals surface area contributed by atoms with Gasteiger partial charge in [0.2, 0.25) is 10.0 Å². The van der Waals surface area contributed by atoms with E-state index in [4.69, 9.17) is 0 Å². The second-order valence-corrected chi connectivity index (χ2v) is 7.45. The van der Waals surface area contributed by atoms with Crippen molar-refractivity contribution in [2.75, 3.05) is 31.4 Å². The second kappa shape index (κ2) is 7.49. The molecule has 0 spiro atoms. The van der Waals surface area contributed by atoms with Crippen molar-refractivity contribution in [1.82, 2.24) is 4.72 Å². The van der Waals surface area contributed by atoms with Gasteiger partial charge in [0.1, 0.15) is 5.69 Å². The number of nitrogens with one attached hydrogen (secondary N) is 2. The molecule has 8 nitrogen and oxygen atoms in total. The van der Waals surface area contributed by atoms with Gasteiger partial charge in [-0.15, -0.1) is 0 Å². The molecule has 0 unspecified atom stereocenters. The van der Waals surface area contributed by atoms with Crippen LogP contribution in [-0.2, 0) is 16.6 Å². The fourth-order valence-corrected chi connectivity index (χ4v) is 2.99. The number of hydrogen-bond acceptors (Lipinski definition) is 6. The lowest BCUT2D eigenvalue weighted by atomic mass is 10.2. The monoisotopic (exact) mass is 364 g/mol. The van der Waals surface area contributed by atoms with Crippen LogP contribution in [0, 0.1) is 10.1 Å². The maximum atomic E-state index is 11.8. The third-order valence-corrected chi connectivity index (χ3v) is 5.07. The summed E-state index contributed by atoms with van der Waals surface area (Å²) in [4.78, 5) is 12.5. The van der Waals surface area contributed by atoms with Gasteiger partial charge >= 0.3 is 0 Å².